The molecule has 0 radical (unpaired) electrons. The fourth-order valence-corrected chi connectivity index (χ4v) is 3.80. The van der Waals surface area contributed by atoms with Gasteiger partial charge < -0.3 is 9.73 Å². The van der Waals surface area contributed by atoms with E-state index in [1.807, 2.05) is 48.5 Å². The summed E-state index contributed by atoms with van der Waals surface area (Å²) in [6.07, 6.45) is 0. The number of hydrogen-bond donors (Lipinski definition) is 1. The minimum absolute atomic E-state index is 0.0504. The Bertz CT molecular complexity index is 867. The number of fused-ring (bicyclic) bond motifs is 1. The lowest BCUT2D eigenvalue weighted by Gasteiger charge is -2.09. The highest BCUT2D eigenvalue weighted by Crippen LogP contribution is 2.30. The first-order valence-corrected chi connectivity index (χ1v) is 8.34. The van der Waals surface area contributed by atoms with Gasteiger partial charge in [-0.3, -0.25) is 0 Å². The molecule has 4 heteroatoms. The van der Waals surface area contributed by atoms with Crippen LogP contribution in [0.2, 0.25) is 0 Å². The Hall–Kier alpha value is -2.04. The van der Waals surface area contributed by atoms with Gasteiger partial charge in [0.05, 0.1) is 10.9 Å². The van der Waals surface area contributed by atoms with Crippen molar-refractivity contribution < 1.29 is 4.42 Å². The van der Waals surface area contributed by atoms with Crippen LogP contribution in [-0.2, 0) is 0 Å². The van der Waals surface area contributed by atoms with E-state index >= 15 is 0 Å². The van der Waals surface area contributed by atoms with Crippen LogP contribution in [0, 0.1) is 0 Å². The summed E-state index contributed by atoms with van der Waals surface area (Å²) in [5.41, 5.74) is 3.27. The minimum atomic E-state index is -0.246. The first kappa shape index (κ1) is 13.6. The Kier molecular flexibility index (Phi) is 3.48. The third kappa shape index (κ3) is 2.45. The number of thioether (sulfide) groups is 1. The number of nitrogens with one attached hydrogen (secondary N) is 1. The van der Waals surface area contributed by atoms with E-state index in [4.69, 9.17) is 4.42 Å². The van der Waals surface area contributed by atoms with Crippen molar-refractivity contribution in [1.82, 2.24) is 5.32 Å². The second-order valence-electron chi connectivity index (χ2n) is 5.31. The van der Waals surface area contributed by atoms with Gasteiger partial charge in [-0.1, -0.05) is 42.5 Å². The first-order chi connectivity index (χ1) is 10.8. The highest BCUT2D eigenvalue weighted by atomic mass is 32.2. The van der Waals surface area contributed by atoms with Crippen LogP contribution in [-0.4, -0.2) is 12.3 Å². The zero-order chi connectivity index (χ0) is 14.9. The molecule has 4 rings (SSSR count). The van der Waals surface area contributed by atoms with Gasteiger partial charge in [-0.25, -0.2) is 4.79 Å². The molecular weight excluding hydrogens is 294 g/mol. The van der Waals surface area contributed by atoms with Gasteiger partial charge in [0, 0.05) is 17.7 Å². The maximum absolute atomic E-state index is 12.2. The van der Waals surface area contributed by atoms with Crippen molar-refractivity contribution >= 4 is 22.7 Å². The third-order valence-corrected chi connectivity index (χ3v) is 5.06. The Labute approximate surface area is 132 Å². The summed E-state index contributed by atoms with van der Waals surface area (Å²) in [6.45, 7) is 0.930. The topological polar surface area (TPSA) is 42.2 Å². The van der Waals surface area contributed by atoms with Gasteiger partial charge in [-0.05, 0) is 23.3 Å². The SMILES string of the molecule is O=c1oc2cc(-c3ccccc3)ccc2cc1C1NCCS1. The molecule has 0 spiro atoms. The summed E-state index contributed by atoms with van der Waals surface area (Å²) >= 11 is 1.75. The van der Waals surface area contributed by atoms with Crippen molar-refractivity contribution in [1.29, 1.82) is 0 Å². The normalized spacial score (nSPS) is 17.9. The highest BCUT2D eigenvalue weighted by Gasteiger charge is 2.21. The Morgan fingerprint density at radius 1 is 1.05 bits per heavy atom. The lowest BCUT2D eigenvalue weighted by Crippen LogP contribution is -2.19. The molecule has 1 saturated heterocycles. The Morgan fingerprint density at radius 3 is 2.68 bits per heavy atom. The molecule has 1 aromatic heterocycles. The van der Waals surface area contributed by atoms with E-state index in [1.54, 1.807) is 11.8 Å². The molecule has 1 N–H and O–H groups in total. The van der Waals surface area contributed by atoms with Gasteiger partial charge in [0.25, 0.3) is 0 Å². The van der Waals surface area contributed by atoms with E-state index in [0.29, 0.717) is 11.1 Å². The quantitative estimate of drug-likeness (QED) is 0.731. The third-order valence-electron chi connectivity index (χ3n) is 3.87. The lowest BCUT2D eigenvalue weighted by atomic mass is 10.0. The van der Waals surface area contributed by atoms with E-state index < -0.39 is 0 Å². The molecular formula is C18H15NO2S. The second-order valence-corrected chi connectivity index (χ2v) is 6.53. The number of hydrogen-bond acceptors (Lipinski definition) is 4. The fraction of sp³-hybridized carbons (Fsp3) is 0.167. The molecule has 1 fully saturated rings. The lowest BCUT2D eigenvalue weighted by molar-refractivity contribution is 0.544. The second kappa shape index (κ2) is 5.63. The Morgan fingerprint density at radius 2 is 1.91 bits per heavy atom. The minimum Gasteiger partial charge on any atom is -0.422 e. The van der Waals surface area contributed by atoms with E-state index in [-0.39, 0.29) is 11.0 Å². The van der Waals surface area contributed by atoms with E-state index in [9.17, 15) is 4.79 Å². The summed E-state index contributed by atoms with van der Waals surface area (Å²) in [6, 6.07) is 18.1. The van der Waals surface area contributed by atoms with Crippen LogP contribution in [0.4, 0.5) is 0 Å². The van der Waals surface area contributed by atoms with Crippen molar-refractivity contribution in [2.75, 3.05) is 12.3 Å². The standard InChI is InChI=1S/C18H15NO2S/c20-18-15(17-19-8-9-22-17)10-14-7-6-13(11-16(14)21-18)12-4-2-1-3-5-12/h1-7,10-11,17,19H,8-9H2. The molecule has 0 saturated carbocycles. The average molecular weight is 309 g/mol. The number of benzene rings is 2. The summed E-state index contributed by atoms with van der Waals surface area (Å²) in [5.74, 6) is 1.02. The fourth-order valence-electron chi connectivity index (χ4n) is 2.75. The predicted molar refractivity (Wildman–Crippen MR) is 91.1 cm³/mol. The molecule has 2 aromatic carbocycles. The van der Waals surface area contributed by atoms with Gasteiger partial charge in [0.15, 0.2) is 0 Å². The highest BCUT2D eigenvalue weighted by molar-refractivity contribution is 7.99. The van der Waals surface area contributed by atoms with Gasteiger partial charge in [-0.15, -0.1) is 11.8 Å². The molecule has 1 unspecified atom stereocenters. The molecule has 3 nitrogen and oxygen atoms in total. The molecule has 110 valence electrons. The van der Waals surface area contributed by atoms with Crippen LogP contribution in [0.25, 0.3) is 22.1 Å². The molecule has 1 atom stereocenters. The smallest absolute Gasteiger partial charge is 0.341 e. The van der Waals surface area contributed by atoms with Crippen molar-refractivity contribution in [3.05, 3.63) is 70.6 Å². The summed E-state index contributed by atoms with van der Waals surface area (Å²) in [7, 11) is 0. The maximum atomic E-state index is 12.2. The van der Waals surface area contributed by atoms with Gasteiger partial charge in [0.1, 0.15) is 5.58 Å². The van der Waals surface area contributed by atoms with Crippen LogP contribution in [0.3, 0.4) is 0 Å². The molecule has 0 aliphatic carbocycles. The molecule has 3 aromatic rings. The maximum Gasteiger partial charge on any atom is 0.341 e. The molecule has 22 heavy (non-hydrogen) atoms. The van der Waals surface area contributed by atoms with Crippen molar-refractivity contribution in [3.8, 4) is 11.1 Å². The molecule has 2 heterocycles. The largest absolute Gasteiger partial charge is 0.422 e. The van der Waals surface area contributed by atoms with Crippen LogP contribution >= 0.6 is 11.8 Å². The zero-order valence-corrected chi connectivity index (χ0v) is 12.7. The Balaban J connectivity index is 1.81. The molecule has 0 bridgehead atoms. The van der Waals surface area contributed by atoms with Gasteiger partial charge in [-0.2, -0.15) is 0 Å². The van der Waals surface area contributed by atoms with Gasteiger partial charge in [0.2, 0.25) is 0 Å². The van der Waals surface area contributed by atoms with E-state index in [0.717, 1.165) is 28.8 Å². The van der Waals surface area contributed by atoms with Crippen LogP contribution in [0.1, 0.15) is 10.9 Å². The first-order valence-electron chi connectivity index (χ1n) is 7.29. The van der Waals surface area contributed by atoms with E-state index in [1.165, 1.54) is 0 Å². The molecule has 1 aliphatic heterocycles. The van der Waals surface area contributed by atoms with Crippen molar-refractivity contribution in [3.63, 3.8) is 0 Å². The summed E-state index contributed by atoms with van der Waals surface area (Å²) in [4.78, 5) is 12.2. The zero-order valence-electron chi connectivity index (χ0n) is 11.9. The number of rotatable bonds is 2. The van der Waals surface area contributed by atoms with Crippen LogP contribution in [0.15, 0.2) is 63.8 Å². The molecule has 0 amide bonds. The monoisotopic (exact) mass is 309 g/mol. The van der Waals surface area contributed by atoms with Crippen LogP contribution < -0.4 is 10.9 Å². The van der Waals surface area contributed by atoms with E-state index in [2.05, 4.69) is 11.4 Å². The summed E-state index contributed by atoms with van der Waals surface area (Å²) in [5, 5.41) is 4.33. The average Bonchev–Trinajstić information content (AvgIpc) is 3.09. The summed E-state index contributed by atoms with van der Waals surface area (Å²) < 4.78 is 5.56. The van der Waals surface area contributed by atoms with Crippen molar-refractivity contribution in [2.45, 2.75) is 5.37 Å². The van der Waals surface area contributed by atoms with Crippen LogP contribution in [0.5, 0.6) is 0 Å². The predicted octanol–water partition coefficient (Wildman–Crippen LogP) is 3.80. The van der Waals surface area contributed by atoms with Gasteiger partial charge >= 0.3 is 5.63 Å². The molecule has 1 aliphatic rings. The van der Waals surface area contributed by atoms with Crippen molar-refractivity contribution in [2.24, 2.45) is 0 Å².